The molecule has 1 fully saturated rings. The summed E-state index contributed by atoms with van der Waals surface area (Å²) in [7, 11) is 0. The molecule has 1 aliphatic rings. The molecule has 0 bridgehead atoms. The van der Waals surface area contributed by atoms with Crippen molar-refractivity contribution >= 4 is 22.7 Å². The maximum absolute atomic E-state index is 4.51. The van der Waals surface area contributed by atoms with Crippen molar-refractivity contribution < 1.29 is 0 Å². The van der Waals surface area contributed by atoms with Gasteiger partial charge >= 0.3 is 0 Å². The van der Waals surface area contributed by atoms with Gasteiger partial charge in [0.2, 0.25) is 0 Å². The Balaban J connectivity index is 1.74. The van der Waals surface area contributed by atoms with Gasteiger partial charge in [-0.3, -0.25) is 0 Å². The van der Waals surface area contributed by atoms with E-state index in [1.807, 2.05) is 17.5 Å². The molecular formula is C12H14N2S2. The summed E-state index contributed by atoms with van der Waals surface area (Å²) < 4.78 is 0. The molecule has 0 aliphatic heterocycles. The molecule has 16 heavy (non-hydrogen) atoms. The van der Waals surface area contributed by atoms with Gasteiger partial charge in [-0.25, -0.2) is 4.98 Å². The van der Waals surface area contributed by atoms with Crippen molar-refractivity contribution in [1.29, 1.82) is 0 Å². The Labute approximate surface area is 103 Å². The van der Waals surface area contributed by atoms with E-state index in [0.717, 1.165) is 12.6 Å². The molecule has 2 aromatic rings. The topological polar surface area (TPSA) is 24.9 Å². The van der Waals surface area contributed by atoms with Crippen molar-refractivity contribution in [2.24, 2.45) is 0 Å². The van der Waals surface area contributed by atoms with Gasteiger partial charge in [-0.1, -0.05) is 0 Å². The molecule has 4 heteroatoms. The highest BCUT2D eigenvalue weighted by Gasteiger charge is 2.20. The van der Waals surface area contributed by atoms with Crippen molar-refractivity contribution in [3.8, 4) is 9.88 Å². The summed E-state index contributed by atoms with van der Waals surface area (Å²) in [5.74, 6) is 0. The number of hydrogen-bond donors (Lipinski definition) is 1. The van der Waals surface area contributed by atoms with E-state index >= 15 is 0 Å². The Kier molecular flexibility index (Phi) is 2.79. The number of aryl methyl sites for hydroxylation is 1. The number of aromatic nitrogens is 1. The minimum Gasteiger partial charge on any atom is -0.309 e. The molecular weight excluding hydrogens is 236 g/mol. The predicted molar refractivity (Wildman–Crippen MR) is 70.0 cm³/mol. The fraction of sp³-hybridized carbons (Fsp3) is 0.417. The van der Waals surface area contributed by atoms with E-state index in [1.165, 1.54) is 33.2 Å². The zero-order chi connectivity index (χ0) is 11.0. The van der Waals surface area contributed by atoms with Crippen molar-refractivity contribution in [3.05, 3.63) is 28.1 Å². The Morgan fingerprint density at radius 2 is 2.38 bits per heavy atom. The monoisotopic (exact) mass is 250 g/mol. The van der Waals surface area contributed by atoms with E-state index in [9.17, 15) is 0 Å². The SMILES string of the molecule is Cc1ccsc1-c1ncc(CNC2CC2)s1. The van der Waals surface area contributed by atoms with Gasteiger partial charge in [0.1, 0.15) is 5.01 Å². The van der Waals surface area contributed by atoms with Crippen LogP contribution in [0, 0.1) is 6.92 Å². The van der Waals surface area contributed by atoms with Crippen LogP contribution in [0.15, 0.2) is 17.6 Å². The fourth-order valence-electron chi connectivity index (χ4n) is 1.62. The zero-order valence-corrected chi connectivity index (χ0v) is 10.8. The summed E-state index contributed by atoms with van der Waals surface area (Å²) in [5, 5.41) is 6.82. The van der Waals surface area contributed by atoms with Crippen LogP contribution >= 0.6 is 22.7 Å². The third-order valence-corrected chi connectivity index (χ3v) is 4.92. The molecule has 1 aliphatic carbocycles. The third-order valence-electron chi connectivity index (χ3n) is 2.75. The second-order valence-corrected chi connectivity index (χ2v) is 6.25. The van der Waals surface area contributed by atoms with Crippen LogP contribution < -0.4 is 5.32 Å². The molecule has 84 valence electrons. The highest BCUT2D eigenvalue weighted by atomic mass is 32.1. The maximum Gasteiger partial charge on any atom is 0.133 e. The Bertz CT molecular complexity index is 483. The quantitative estimate of drug-likeness (QED) is 0.899. The summed E-state index contributed by atoms with van der Waals surface area (Å²) in [6.07, 6.45) is 4.69. The van der Waals surface area contributed by atoms with Gasteiger partial charge in [-0.2, -0.15) is 0 Å². The number of nitrogens with zero attached hydrogens (tertiary/aromatic N) is 1. The lowest BCUT2D eigenvalue weighted by Gasteiger charge is -1.97. The second kappa shape index (κ2) is 4.28. The van der Waals surface area contributed by atoms with Crippen molar-refractivity contribution in [2.45, 2.75) is 32.4 Å². The highest BCUT2D eigenvalue weighted by molar-refractivity contribution is 7.21. The number of thiazole rings is 1. The van der Waals surface area contributed by atoms with Gasteiger partial charge in [0.05, 0.1) is 4.88 Å². The average Bonchev–Trinajstić information content (AvgIpc) is 2.82. The smallest absolute Gasteiger partial charge is 0.133 e. The normalized spacial score (nSPS) is 15.6. The molecule has 0 amide bonds. The summed E-state index contributed by atoms with van der Waals surface area (Å²) in [6.45, 7) is 3.13. The molecule has 1 N–H and O–H groups in total. The van der Waals surface area contributed by atoms with Gasteiger partial charge < -0.3 is 5.32 Å². The molecule has 0 saturated heterocycles. The van der Waals surface area contributed by atoms with Gasteiger partial charge in [0.25, 0.3) is 0 Å². The standard InChI is InChI=1S/C12H14N2S2/c1-8-4-5-15-11(8)12-14-7-10(16-12)6-13-9-2-3-9/h4-5,7,9,13H,2-3,6H2,1H3. The van der Waals surface area contributed by atoms with E-state index in [0.29, 0.717) is 0 Å². The van der Waals surface area contributed by atoms with Gasteiger partial charge in [0, 0.05) is 23.7 Å². The Hall–Kier alpha value is -0.710. The second-order valence-electron chi connectivity index (χ2n) is 4.22. The summed E-state index contributed by atoms with van der Waals surface area (Å²) in [4.78, 5) is 7.17. The van der Waals surface area contributed by atoms with E-state index < -0.39 is 0 Å². The van der Waals surface area contributed by atoms with Crippen molar-refractivity contribution in [1.82, 2.24) is 10.3 Å². The van der Waals surface area contributed by atoms with Gasteiger partial charge in [0.15, 0.2) is 0 Å². The molecule has 0 unspecified atom stereocenters. The fourth-order valence-corrected chi connectivity index (χ4v) is 3.57. The molecule has 2 aromatic heterocycles. The van der Waals surface area contributed by atoms with E-state index in [2.05, 4.69) is 28.7 Å². The first-order chi connectivity index (χ1) is 7.83. The average molecular weight is 250 g/mol. The molecule has 0 atom stereocenters. The molecule has 0 spiro atoms. The van der Waals surface area contributed by atoms with E-state index in [1.54, 1.807) is 11.3 Å². The molecule has 0 radical (unpaired) electrons. The van der Waals surface area contributed by atoms with Gasteiger partial charge in [-0.15, -0.1) is 22.7 Å². The van der Waals surface area contributed by atoms with Crippen LogP contribution in [0.1, 0.15) is 23.3 Å². The number of hydrogen-bond acceptors (Lipinski definition) is 4. The number of nitrogens with one attached hydrogen (secondary N) is 1. The van der Waals surface area contributed by atoms with Crippen LogP contribution in [0.25, 0.3) is 9.88 Å². The van der Waals surface area contributed by atoms with Crippen LogP contribution in [0.2, 0.25) is 0 Å². The molecule has 2 nitrogen and oxygen atoms in total. The van der Waals surface area contributed by atoms with Crippen LogP contribution in [-0.2, 0) is 6.54 Å². The lowest BCUT2D eigenvalue weighted by molar-refractivity contribution is 0.694. The molecule has 1 saturated carbocycles. The van der Waals surface area contributed by atoms with E-state index in [4.69, 9.17) is 0 Å². The molecule has 0 aromatic carbocycles. The van der Waals surface area contributed by atoms with Crippen molar-refractivity contribution in [2.75, 3.05) is 0 Å². The summed E-state index contributed by atoms with van der Waals surface area (Å²) in [5.41, 5.74) is 1.33. The lowest BCUT2D eigenvalue weighted by Crippen LogP contribution is -2.14. The molecule has 3 rings (SSSR count). The largest absolute Gasteiger partial charge is 0.309 e. The van der Waals surface area contributed by atoms with Gasteiger partial charge in [-0.05, 0) is 36.8 Å². The Morgan fingerprint density at radius 1 is 1.50 bits per heavy atom. The number of thiophene rings is 1. The third kappa shape index (κ3) is 2.19. The van der Waals surface area contributed by atoms with Crippen molar-refractivity contribution in [3.63, 3.8) is 0 Å². The zero-order valence-electron chi connectivity index (χ0n) is 9.19. The first-order valence-corrected chi connectivity index (χ1v) is 7.25. The number of rotatable bonds is 4. The summed E-state index contributed by atoms with van der Waals surface area (Å²) in [6, 6.07) is 2.93. The first-order valence-electron chi connectivity index (χ1n) is 5.55. The minimum atomic E-state index is 0.772. The van der Waals surface area contributed by atoms with Crippen LogP contribution in [0.3, 0.4) is 0 Å². The summed E-state index contributed by atoms with van der Waals surface area (Å²) >= 11 is 3.59. The predicted octanol–water partition coefficient (Wildman–Crippen LogP) is 3.43. The van der Waals surface area contributed by atoms with E-state index in [-0.39, 0.29) is 0 Å². The molecule has 2 heterocycles. The van der Waals surface area contributed by atoms with Crippen LogP contribution in [-0.4, -0.2) is 11.0 Å². The maximum atomic E-state index is 4.51. The minimum absolute atomic E-state index is 0.772. The first kappa shape index (κ1) is 10.4. The lowest BCUT2D eigenvalue weighted by atomic mass is 10.3. The van der Waals surface area contributed by atoms with Crippen LogP contribution in [0.4, 0.5) is 0 Å². The Morgan fingerprint density at radius 3 is 3.06 bits per heavy atom. The highest BCUT2D eigenvalue weighted by Crippen LogP contribution is 2.32. The van der Waals surface area contributed by atoms with Crippen LogP contribution in [0.5, 0.6) is 0 Å².